The molecular weight excluding hydrogens is 335 g/mol. The van der Waals surface area contributed by atoms with Crippen molar-refractivity contribution < 1.29 is 5.11 Å². The van der Waals surface area contributed by atoms with Gasteiger partial charge in [-0.1, -0.05) is 23.2 Å². The predicted molar refractivity (Wildman–Crippen MR) is 93.9 cm³/mol. The fraction of sp³-hybridized carbons (Fsp3) is 0.0588. The summed E-state index contributed by atoms with van der Waals surface area (Å²) < 4.78 is 0. The minimum Gasteiger partial charge on any atom is -0.507 e. The number of rotatable bonds is 2. The summed E-state index contributed by atoms with van der Waals surface area (Å²) in [5.41, 5.74) is 1.84. The van der Waals surface area contributed by atoms with Crippen LogP contribution in [0.2, 0.25) is 10.0 Å². The van der Waals surface area contributed by atoms with Crippen LogP contribution in [0.5, 0.6) is 0 Å². The number of aromatic amines is 1. The lowest BCUT2D eigenvalue weighted by Crippen LogP contribution is -2.14. The third-order valence-corrected chi connectivity index (χ3v) is 3.97. The first-order valence-electron chi connectivity index (χ1n) is 6.81. The van der Waals surface area contributed by atoms with Crippen molar-refractivity contribution in [3.8, 4) is 0 Å². The van der Waals surface area contributed by atoms with Gasteiger partial charge in [0.05, 0.1) is 11.0 Å². The van der Waals surface area contributed by atoms with Crippen LogP contribution in [0.1, 0.15) is 18.2 Å². The van der Waals surface area contributed by atoms with Crippen molar-refractivity contribution in [1.82, 2.24) is 9.97 Å². The third kappa shape index (κ3) is 3.09. The fourth-order valence-corrected chi connectivity index (χ4v) is 2.55. The third-order valence-electron chi connectivity index (χ3n) is 3.48. The minimum atomic E-state index is -0.391. The molecule has 0 atom stereocenters. The summed E-state index contributed by atoms with van der Waals surface area (Å²) in [4.78, 5) is 19.3. The molecule has 0 amide bonds. The number of nitrogens with one attached hydrogen (secondary N) is 1. The van der Waals surface area contributed by atoms with Gasteiger partial charge in [-0.15, -0.1) is 0 Å². The molecule has 116 valence electrons. The molecule has 2 aromatic carbocycles. The zero-order valence-corrected chi connectivity index (χ0v) is 13.6. The Morgan fingerprint density at radius 2 is 1.74 bits per heavy atom. The van der Waals surface area contributed by atoms with E-state index in [1.165, 1.54) is 0 Å². The Kier molecular flexibility index (Phi) is 4.11. The van der Waals surface area contributed by atoms with Crippen molar-refractivity contribution in [2.75, 3.05) is 0 Å². The summed E-state index contributed by atoms with van der Waals surface area (Å²) in [6.45, 7) is 1.64. The largest absolute Gasteiger partial charge is 0.507 e. The van der Waals surface area contributed by atoms with E-state index in [0.29, 0.717) is 32.2 Å². The van der Waals surface area contributed by atoms with Crippen LogP contribution in [0.15, 0.2) is 47.3 Å². The molecule has 1 aromatic heterocycles. The molecule has 0 saturated carbocycles. The SMILES string of the molecule is CC(=C(O)c1ccc(Cl)cc1)c1nc2ccc(Cl)cc2[nH]c1=O. The lowest BCUT2D eigenvalue weighted by atomic mass is 10.1. The van der Waals surface area contributed by atoms with E-state index in [9.17, 15) is 9.90 Å². The Hall–Kier alpha value is -2.30. The summed E-state index contributed by atoms with van der Waals surface area (Å²) >= 11 is 11.7. The summed E-state index contributed by atoms with van der Waals surface area (Å²) in [5, 5.41) is 11.5. The summed E-state index contributed by atoms with van der Waals surface area (Å²) in [7, 11) is 0. The number of H-pyrrole nitrogens is 1. The molecule has 0 aliphatic rings. The second-order valence-electron chi connectivity index (χ2n) is 5.06. The molecule has 2 N–H and O–H groups in total. The maximum Gasteiger partial charge on any atom is 0.274 e. The van der Waals surface area contributed by atoms with E-state index in [4.69, 9.17) is 23.2 Å². The highest BCUT2D eigenvalue weighted by Crippen LogP contribution is 2.23. The first kappa shape index (κ1) is 15.6. The molecule has 0 saturated heterocycles. The fourth-order valence-electron chi connectivity index (χ4n) is 2.25. The zero-order valence-electron chi connectivity index (χ0n) is 12.1. The standard InChI is InChI=1S/C17H12Cl2N2O2/c1-9(16(22)10-2-4-11(18)5-3-10)15-17(23)21-14-8-12(19)6-7-13(14)20-15/h2-8,22H,1H3,(H,21,23). The van der Waals surface area contributed by atoms with Gasteiger partial charge in [0.25, 0.3) is 5.56 Å². The van der Waals surface area contributed by atoms with Gasteiger partial charge in [0.2, 0.25) is 0 Å². The molecule has 0 aliphatic heterocycles. The van der Waals surface area contributed by atoms with Crippen LogP contribution in [0.3, 0.4) is 0 Å². The number of aliphatic hydroxyl groups excluding tert-OH is 1. The van der Waals surface area contributed by atoms with Crippen molar-refractivity contribution in [2.24, 2.45) is 0 Å². The van der Waals surface area contributed by atoms with E-state index in [1.807, 2.05) is 0 Å². The Morgan fingerprint density at radius 1 is 1.09 bits per heavy atom. The molecule has 0 bridgehead atoms. The Morgan fingerprint density at radius 3 is 2.43 bits per heavy atom. The van der Waals surface area contributed by atoms with E-state index >= 15 is 0 Å². The molecule has 0 unspecified atom stereocenters. The number of hydrogen-bond donors (Lipinski definition) is 2. The van der Waals surface area contributed by atoms with Gasteiger partial charge in [-0.25, -0.2) is 4.98 Å². The van der Waals surface area contributed by atoms with Crippen molar-refractivity contribution in [3.63, 3.8) is 0 Å². The molecule has 0 fully saturated rings. The second-order valence-corrected chi connectivity index (χ2v) is 5.93. The van der Waals surface area contributed by atoms with Crippen LogP contribution in [-0.2, 0) is 0 Å². The van der Waals surface area contributed by atoms with Gasteiger partial charge in [0.1, 0.15) is 11.5 Å². The molecule has 0 radical (unpaired) electrons. The monoisotopic (exact) mass is 346 g/mol. The number of nitrogens with zero attached hydrogens (tertiary/aromatic N) is 1. The van der Waals surface area contributed by atoms with Crippen molar-refractivity contribution >= 4 is 45.6 Å². The van der Waals surface area contributed by atoms with Gasteiger partial charge in [0.15, 0.2) is 0 Å². The van der Waals surface area contributed by atoms with Gasteiger partial charge in [0, 0.05) is 21.2 Å². The topological polar surface area (TPSA) is 66.0 Å². The van der Waals surface area contributed by atoms with Crippen LogP contribution >= 0.6 is 23.2 Å². The average molecular weight is 347 g/mol. The lowest BCUT2D eigenvalue weighted by Gasteiger charge is -2.07. The quantitative estimate of drug-likeness (QED) is 0.662. The van der Waals surface area contributed by atoms with Crippen LogP contribution in [0.4, 0.5) is 0 Å². The van der Waals surface area contributed by atoms with Crippen LogP contribution in [-0.4, -0.2) is 15.1 Å². The second kappa shape index (κ2) is 6.07. The molecule has 3 aromatic rings. The Bertz CT molecular complexity index is 976. The highest BCUT2D eigenvalue weighted by molar-refractivity contribution is 6.31. The molecule has 0 aliphatic carbocycles. The van der Waals surface area contributed by atoms with Gasteiger partial charge < -0.3 is 10.1 Å². The van der Waals surface area contributed by atoms with Crippen molar-refractivity contribution in [3.05, 3.63) is 74.1 Å². The number of allylic oxidation sites excluding steroid dienone is 1. The molecule has 6 heteroatoms. The highest BCUT2D eigenvalue weighted by atomic mass is 35.5. The summed E-state index contributed by atoms with van der Waals surface area (Å²) in [5.74, 6) is -0.0204. The van der Waals surface area contributed by atoms with E-state index in [-0.39, 0.29) is 11.5 Å². The van der Waals surface area contributed by atoms with Crippen molar-refractivity contribution in [2.45, 2.75) is 6.92 Å². The van der Waals surface area contributed by atoms with Crippen LogP contribution < -0.4 is 5.56 Å². The predicted octanol–water partition coefficient (Wildman–Crippen LogP) is 4.68. The van der Waals surface area contributed by atoms with Crippen LogP contribution in [0.25, 0.3) is 22.4 Å². The molecule has 4 nitrogen and oxygen atoms in total. The first-order chi connectivity index (χ1) is 11.0. The normalized spacial score (nSPS) is 12.3. The minimum absolute atomic E-state index is 0.0204. The maximum atomic E-state index is 12.2. The first-order valence-corrected chi connectivity index (χ1v) is 7.57. The van der Waals surface area contributed by atoms with Crippen LogP contribution in [0, 0.1) is 0 Å². The zero-order chi connectivity index (χ0) is 16.6. The van der Waals surface area contributed by atoms with E-state index < -0.39 is 5.56 Å². The Balaban J connectivity index is 2.16. The lowest BCUT2D eigenvalue weighted by molar-refractivity contribution is 0.513. The van der Waals surface area contributed by atoms with E-state index in [1.54, 1.807) is 49.4 Å². The van der Waals surface area contributed by atoms with Gasteiger partial charge >= 0.3 is 0 Å². The average Bonchev–Trinajstić information content (AvgIpc) is 2.53. The van der Waals surface area contributed by atoms with E-state index in [0.717, 1.165) is 0 Å². The number of hydrogen-bond acceptors (Lipinski definition) is 3. The van der Waals surface area contributed by atoms with Gasteiger partial charge in [-0.3, -0.25) is 4.79 Å². The van der Waals surface area contributed by atoms with Crippen molar-refractivity contribution in [1.29, 1.82) is 0 Å². The summed E-state index contributed by atoms with van der Waals surface area (Å²) in [6, 6.07) is 11.7. The molecular formula is C17H12Cl2N2O2. The number of fused-ring (bicyclic) bond motifs is 1. The number of aliphatic hydroxyl groups is 1. The van der Waals surface area contributed by atoms with Gasteiger partial charge in [-0.05, 0) is 49.4 Å². The number of halogens is 2. The van der Waals surface area contributed by atoms with E-state index in [2.05, 4.69) is 9.97 Å². The molecule has 23 heavy (non-hydrogen) atoms. The number of aromatic nitrogens is 2. The van der Waals surface area contributed by atoms with Gasteiger partial charge in [-0.2, -0.15) is 0 Å². The molecule has 1 heterocycles. The molecule has 0 spiro atoms. The number of benzene rings is 2. The highest BCUT2D eigenvalue weighted by Gasteiger charge is 2.12. The summed E-state index contributed by atoms with van der Waals surface area (Å²) in [6.07, 6.45) is 0. The maximum absolute atomic E-state index is 12.2. The molecule has 3 rings (SSSR count). The Labute approximate surface area is 142 Å². The smallest absolute Gasteiger partial charge is 0.274 e.